The topological polar surface area (TPSA) is 66.5 Å². The molecule has 1 aromatic carbocycles. The minimum Gasteiger partial charge on any atom is -0.329 e. The molecule has 2 rings (SSSR count). The number of hydrogen-bond acceptors (Lipinski definition) is 3. The number of carbonyl (C=O) groups is 3. The summed E-state index contributed by atoms with van der Waals surface area (Å²) in [6, 6.07) is 7.15. The first-order valence-corrected chi connectivity index (χ1v) is 8.21. The van der Waals surface area contributed by atoms with E-state index in [9.17, 15) is 14.4 Å². The highest BCUT2D eigenvalue weighted by atomic mass is 16.2. The van der Waals surface area contributed by atoms with Crippen LogP contribution in [0.2, 0.25) is 0 Å². The Morgan fingerprint density at radius 2 is 1.78 bits per heavy atom. The lowest BCUT2D eigenvalue weighted by Crippen LogP contribution is -2.51. The molecule has 1 aromatic rings. The van der Waals surface area contributed by atoms with E-state index in [4.69, 9.17) is 0 Å². The highest BCUT2D eigenvalue weighted by molar-refractivity contribution is 6.00. The Morgan fingerprint density at radius 1 is 1.17 bits per heavy atom. The molecule has 5 nitrogen and oxygen atoms in total. The third kappa shape index (κ3) is 6.22. The van der Waals surface area contributed by atoms with Crippen molar-refractivity contribution in [2.75, 3.05) is 0 Å². The third-order valence-corrected chi connectivity index (χ3v) is 3.36. The van der Waals surface area contributed by atoms with E-state index in [1.807, 2.05) is 58.9 Å². The van der Waals surface area contributed by atoms with Crippen LogP contribution >= 0.6 is 0 Å². The molecule has 0 aromatic heterocycles. The number of nitrogens with zero attached hydrogens (tertiary/aromatic N) is 1. The molecule has 1 atom stereocenters. The quantitative estimate of drug-likeness (QED) is 0.685. The molecule has 1 saturated heterocycles. The zero-order valence-corrected chi connectivity index (χ0v) is 14.8. The Balaban J connectivity index is 0.00000112. The van der Waals surface area contributed by atoms with Crippen molar-refractivity contribution in [1.82, 2.24) is 10.2 Å². The Hall–Kier alpha value is -2.17. The van der Waals surface area contributed by atoms with Gasteiger partial charge in [-0.3, -0.25) is 19.7 Å². The highest BCUT2D eigenvalue weighted by Crippen LogP contribution is 2.16. The van der Waals surface area contributed by atoms with Gasteiger partial charge in [0, 0.05) is 13.0 Å². The number of amides is 3. The first kappa shape index (κ1) is 20.8. The SMILES string of the molecule is CC.CC.Cc1ccccc1CN(C=O)C1CCC(=O)NC1=O. The fourth-order valence-electron chi connectivity index (χ4n) is 2.20. The van der Waals surface area contributed by atoms with Crippen molar-refractivity contribution in [1.29, 1.82) is 0 Å². The van der Waals surface area contributed by atoms with E-state index in [-0.39, 0.29) is 12.3 Å². The second-order valence-electron chi connectivity index (χ2n) is 4.67. The van der Waals surface area contributed by atoms with Gasteiger partial charge in [0.05, 0.1) is 0 Å². The number of rotatable bonds is 4. The molecule has 23 heavy (non-hydrogen) atoms. The molecule has 1 aliphatic rings. The molecular formula is C18H28N2O3. The molecule has 0 bridgehead atoms. The van der Waals surface area contributed by atoms with Crippen LogP contribution in [-0.2, 0) is 20.9 Å². The van der Waals surface area contributed by atoms with Crippen LogP contribution in [0.1, 0.15) is 51.7 Å². The monoisotopic (exact) mass is 320 g/mol. The van der Waals surface area contributed by atoms with E-state index in [0.29, 0.717) is 19.4 Å². The molecule has 5 heteroatoms. The van der Waals surface area contributed by atoms with Gasteiger partial charge in [-0.2, -0.15) is 0 Å². The van der Waals surface area contributed by atoms with Crippen molar-refractivity contribution in [2.45, 2.75) is 60.0 Å². The van der Waals surface area contributed by atoms with E-state index in [1.165, 1.54) is 4.90 Å². The maximum absolute atomic E-state index is 11.7. The lowest BCUT2D eigenvalue weighted by molar-refractivity contribution is -0.141. The van der Waals surface area contributed by atoms with Gasteiger partial charge >= 0.3 is 0 Å². The number of carbonyl (C=O) groups excluding carboxylic acids is 3. The number of imide groups is 1. The van der Waals surface area contributed by atoms with E-state index in [1.54, 1.807) is 0 Å². The maximum Gasteiger partial charge on any atom is 0.249 e. The van der Waals surface area contributed by atoms with Gasteiger partial charge in [-0.25, -0.2) is 0 Å². The Morgan fingerprint density at radius 3 is 2.30 bits per heavy atom. The van der Waals surface area contributed by atoms with Gasteiger partial charge in [-0.1, -0.05) is 52.0 Å². The highest BCUT2D eigenvalue weighted by Gasteiger charge is 2.31. The lowest BCUT2D eigenvalue weighted by Gasteiger charge is -2.30. The van der Waals surface area contributed by atoms with Crippen LogP contribution in [0.5, 0.6) is 0 Å². The standard InChI is InChI=1S/C14H16N2O3.2C2H6/c1-10-4-2-3-5-11(10)8-16(9-17)12-6-7-13(18)15-14(12)19;2*1-2/h2-5,9,12H,6-8H2,1H3,(H,15,18,19);2*1-2H3. The van der Waals surface area contributed by atoms with Crippen molar-refractivity contribution in [2.24, 2.45) is 0 Å². The van der Waals surface area contributed by atoms with E-state index in [2.05, 4.69) is 5.32 Å². The summed E-state index contributed by atoms with van der Waals surface area (Å²) in [5.74, 6) is -0.667. The molecule has 0 saturated carbocycles. The first-order chi connectivity index (χ1) is 11.1. The number of piperidine rings is 1. The molecule has 1 fully saturated rings. The van der Waals surface area contributed by atoms with Crippen LogP contribution in [-0.4, -0.2) is 29.2 Å². The Bertz CT molecular complexity index is 515. The van der Waals surface area contributed by atoms with Gasteiger partial charge in [0.1, 0.15) is 6.04 Å². The zero-order valence-electron chi connectivity index (χ0n) is 14.8. The van der Waals surface area contributed by atoms with Crippen molar-refractivity contribution in [3.8, 4) is 0 Å². The second-order valence-corrected chi connectivity index (χ2v) is 4.67. The molecule has 1 N–H and O–H groups in total. The fourth-order valence-corrected chi connectivity index (χ4v) is 2.20. The number of aryl methyl sites for hydroxylation is 1. The van der Waals surface area contributed by atoms with Gasteiger partial charge < -0.3 is 4.90 Å². The van der Waals surface area contributed by atoms with Crippen molar-refractivity contribution >= 4 is 18.2 Å². The molecule has 128 valence electrons. The van der Waals surface area contributed by atoms with Gasteiger partial charge in [0.15, 0.2) is 0 Å². The largest absolute Gasteiger partial charge is 0.329 e. The number of nitrogens with one attached hydrogen (secondary N) is 1. The summed E-state index contributed by atoms with van der Waals surface area (Å²) in [5.41, 5.74) is 2.07. The molecule has 3 amide bonds. The normalized spacial score (nSPS) is 16.1. The number of benzene rings is 1. The second kappa shape index (κ2) is 11.4. The predicted octanol–water partition coefficient (Wildman–Crippen LogP) is 2.81. The molecule has 0 radical (unpaired) electrons. The fraction of sp³-hybridized carbons (Fsp3) is 0.500. The van der Waals surface area contributed by atoms with Gasteiger partial charge in [-0.15, -0.1) is 0 Å². The molecule has 1 unspecified atom stereocenters. The smallest absolute Gasteiger partial charge is 0.249 e. The number of hydrogen-bond donors (Lipinski definition) is 1. The van der Waals surface area contributed by atoms with Crippen LogP contribution in [0, 0.1) is 6.92 Å². The van der Waals surface area contributed by atoms with Crippen LogP contribution in [0.15, 0.2) is 24.3 Å². The first-order valence-electron chi connectivity index (χ1n) is 8.21. The molecular weight excluding hydrogens is 292 g/mol. The Kier molecular flexibility index (Phi) is 10.3. The lowest BCUT2D eigenvalue weighted by atomic mass is 10.0. The Labute approximate surface area is 139 Å². The summed E-state index contributed by atoms with van der Waals surface area (Å²) in [6.45, 7) is 10.3. The van der Waals surface area contributed by atoms with Crippen LogP contribution in [0.25, 0.3) is 0 Å². The maximum atomic E-state index is 11.7. The summed E-state index contributed by atoms with van der Waals surface area (Å²) in [5, 5.41) is 2.27. The summed E-state index contributed by atoms with van der Waals surface area (Å²) < 4.78 is 0. The average molecular weight is 320 g/mol. The van der Waals surface area contributed by atoms with Crippen LogP contribution in [0.3, 0.4) is 0 Å². The van der Waals surface area contributed by atoms with Crippen molar-refractivity contribution in [3.63, 3.8) is 0 Å². The van der Waals surface area contributed by atoms with Gasteiger partial charge in [-0.05, 0) is 24.5 Å². The molecule has 1 heterocycles. The average Bonchev–Trinajstić information content (AvgIpc) is 2.58. The molecule has 0 spiro atoms. The van der Waals surface area contributed by atoms with Crippen LogP contribution in [0.4, 0.5) is 0 Å². The van der Waals surface area contributed by atoms with E-state index >= 15 is 0 Å². The van der Waals surface area contributed by atoms with Gasteiger partial charge in [0.2, 0.25) is 18.2 Å². The van der Waals surface area contributed by atoms with E-state index < -0.39 is 11.9 Å². The predicted molar refractivity (Wildman–Crippen MR) is 91.7 cm³/mol. The third-order valence-electron chi connectivity index (χ3n) is 3.36. The van der Waals surface area contributed by atoms with Crippen LogP contribution < -0.4 is 5.32 Å². The molecule has 0 aliphatic carbocycles. The van der Waals surface area contributed by atoms with Crippen molar-refractivity contribution in [3.05, 3.63) is 35.4 Å². The minimum atomic E-state index is -0.560. The summed E-state index contributed by atoms with van der Waals surface area (Å²) in [6.07, 6.45) is 1.33. The summed E-state index contributed by atoms with van der Waals surface area (Å²) in [4.78, 5) is 35.5. The van der Waals surface area contributed by atoms with Gasteiger partial charge in [0.25, 0.3) is 0 Å². The van der Waals surface area contributed by atoms with Crippen molar-refractivity contribution < 1.29 is 14.4 Å². The van der Waals surface area contributed by atoms with E-state index in [0.717, 1.165) is 11.1 Å². The zero-order chi connectivity index (χ0) is 17.8. The minimum absolute atomic E-state index is 0.272. The molecule has 1 aliphatic heterocycles. The summed E-state index contributed by atoms with van der Waals surface area (Å²) >= 11 is 0. The summed E-state index contributed by atoms with van der Waals surface area (Å²) in [7, 11) is 0.